The summed E-state index contributed by atoms with van der Waals surface area (Å²) in [7, 11) is -4.00. The third-order valence-corrected chi connectivity index (χ3v) is 5.21. The molecule has 0 atom stereocenters. The van der Waals surface area contributed by atoms with Crippen molar-refractivity contribution in [3.8, 4) is 0 Å². The molecule has 5 nitrogen and oxygen atoms in total. The summed E-state index contributed by atoms with van der Waals surface area (Å²) < 4.78 is 26.8. The van der Waals surface area contributed by atoms with Crippen LogP contribution >= 0.6 is 34.8 Å². The monoisotopic (exact) mass is 378 g/mol. The first-order valence-corrected chi connectivity index (χ1v) is 8.31. The molecule has 2 aromatic rings. The third-order valence-electron chi connectivity index (χ3n) is 2.64. The van der Waals surface area contributed by atoms with Crippen LogP contribution in [0.15, 0.2) is 41.3 Å². The van der Waals surface area contributed by atoms with E-state index in [-0.39, 0.29) is 31.2 Å². The minimum absolute atomic E-state index is 0.0405. The van der Waals surface area contributed by atoms with Crippen LogP contribution in [0.3, 0.4) is 0 Å². The van der Waals surface area contributed by atoms with E-state index in [1.165, 1.54) is 30.3 Å². The summed E-state index contributed by atoms with van der Waals surface area (Å²) in [5.41, 5.74) is 0.0858. The summed E-state index contributed by atoms with van der Waals surface area (Å²) in [5.74, 6) is -1.36. The molecule has 0 heterocycles. The number of aromatic carboxylic acids is 1. The number of carbonyl (C=O) groups excluding carboxylic acids is 1. The number of hydrogen-bond donors (Lipinski definition) is 1. The molecule has 0 unspecified atom stereocenters. The third kappa shape index (κ3) is 3.64. The summed E-state index contributed by atoms with van der Waals surface area (Å²) >= 11 is 17.4. The number of halogens is 3. The zero-order valence-corrected chi connectivity index (χ0v) is 13.7. The minimum Gasteiger partial charge on any atom is -0.545 e. The van der Waals surface area contributed by atoms with Gasteiger partial charge in [-0.25, -0.2) is 8.42 Å². The Bertz CT molecular complexity index is 835. The maximum Gasteiger partial charge on any atom is 0.263 e. The number of carboxylic acids is 1. The standard InChI is InChI=1S/C13H8Cl3NO4S/c14-9-5-11(16)12(6-10(9)15)22(20,21)17-8-3-1-7(2-4-8)13(18)19/h1-6,17H,(H,18,19)/p-1. The Morgan fingerprint density at radius 3 is 2.05 bits per heavy atom. The fraction of sp³-hybridized carbons (Fsp3) is 0. The molecule has 0 amide bonds. The Kier molecular flexibility index (Phi) is 4.87. The zero-order chi connectivity index (χ0) is 16.5. The van der Waals surface area contributed by atoms with Gasteiger partial charge in [0.25, 0.3) is 10.0 Å². The second kappa shape index (κ2) is 6.34. The van der Waals surface area contributed by atoms with Gasteiger partial charge in [-0.1, -0.05) is 46.9 Å². The quantitative estimate of drug-likeness (QED) is 0.828. The molecule has 0 spiro atoms. The first kappa shape index (κ1) is 16.9. The van der Waals surface area contributed by atoms with Gasteiger partial charge in [0.2, 0.25) is 0 Å². The molecule has 22 heavy (non-hydrogen) atoms. The van der Waals surface area contributed by atoms with Gasteiger partial charge in [0, 0.05) is 5.69 Å². The van der Waals surface area contributed by atoms with E-state index in [0.717, 1.165) is 6.07 Å². The molecular formula is C13H7Cl3NO4S-. The van der Waals surface area contributed by atoms with Crippen molar-refractivity contribution in [2.45, 2.75) is 4.90 Å². The average molecular weight is 380 g/mol. The van der Waals surface area contributed by atoms with E-state index in [1.54, 1.807) is 0 Å². The Morgan fingerprint density at radius 1 is 0.955 bits per heavy atom. The topological polar surface area (TPSA) is 86.3 Å². The Balaban J connectivity index is 2.35. The van der Waals surface area contributed by atoms with E-state index < -0.39 is 16.0 Å². The molecule has 0 bridgehead atoms. The number of sulfonamides is 1. The van der Waals surface area contributed by atoms with Crippen molar-refractivity contribution in [2.24, 2.45) is 0 Å². The van der Waals surface area contributed by atoms with Gasteiger partial charge < -0.3 is 9.90 Å². The summed E-state index contributed by atoms with van der Waals surface area (Å²) in [6.07, 6.45) is 0. The van der Waals surface area contributed by atoms with Crippen LogP contribution in [-0.4, -0.2) is 14.4 Å². The van der Waals surface area contributed by atoms with Crippen LogP contribution in [0.2, 0.25) is 15.1 Å². The molecule has 1 N–H and O–H groups in total. The van der Waals surface area contributed by atoms with Crippen LogP contribution in [0.5, 0.6) is 0 Å². The lowest BCUT2D eigenvalue weighted by molar-refractivity contribution is -0.255. The van der Waals surface area contributed by atoms with Crippen LogP contribution in [-0.2, 0) is 10.0 Å². The summed E-state index contributed by atoms with van der Waals surface area (Å²) in [6, 6.07) is 7.35. The van der Waals surface area contributed by atoms with E-state index in [0.29, 0.717) is 0 Å². The summed E-state index contributed by atoms with van der Waals surface area (Å²) in [6.45, 7) is 0. The van der Waals surface area contributed by atoms with Gasteiger partial charge in [-0.15, -0.1) is 0 Å². The SMILES string of the molecule is O=C([O-])c1ccc(NS(=O)(=O)c2cc(Cl)c(Cl)cc2Cl)cc1. The summed E-state index contributed by atoms with van der Waals surface area (Å²) in [5, 5.41) is 10.7. The lowest BCUT2D eigenvalue weighted by Crippen LogP contribution is -2.22. The van der Waals surface area contributed by atoms with Crippen molar-refractivity contribution < 1.29 is 18.3 Å². The van der Waals surface area contributed by atoms with Gasteiger partial charge in [-0.3, -0.25) is 4.72 Å². The Labute approximate surface area is 141 Å². The van der Waals surface area contributed by atoms with Crippen molar-refractivity contribution in [1.29, 1.82) is 0 Å². The van der Waals surface area contributed by atoms with Crippen molar-refractivity contribution in [2.75, 3.05) is 4.72 Å². The molecule has 0 radical (unpaired) electrons. The molecule has 2 rings (SSSR count). The maximum absolute atomic E-state index is 12.3. The van der Waals surface area contributed by atoms with Crippen LogP contribution in [0.1, 0.15) is 10.4 Å². The zero-order valence-electron chi connectivity index (χ0n) is 10.6. The fourth-order valence-electron chi connectivity index (χ4n) is 1.59. The molecular weight excluding hydrogens is 373 g/mol. The van der Waals surface area contributed by atoms with Crippen LogP contribution < -0.4 is 9.83 Å². The maximum atomic E-state index is 12.3. The minimum atomic E-state index is -4.00. The van der Waals surface area contributed by atoms with Gasteiger partial charge in [0.1, 0.15) is 4.90 Å². The van der Waals surface area contributed by atoms with E-state index >= 15 is 0 Å². The fourth-order valence-corrected chi connectivity index (χ4v) is 3.66. The number of benzene rings is 2. The Hall–Kier alpha value is -1.47. The molecule has 0 saturated heterocycles. The first-order chi connectivity index (χ1) is 10.2. The largest absolute Gasteiger partial charge is 0.545 e. The van der Waals surface area contributed by atoms with Crippen LogP contribution in [0.4, 0.5) is 5.69 Å². The van der Waals surface area contributed by atoms with Crippen LogP contribution in [0.25, 0.3) is 0 Å². The number of hydrogen-bond acceptors (Lipinski definition) is 4. The number of anilines is 1. The van der Waals surface area contributed by atoms with E-state index in [2.05, 4.69) is 4.72 Å². The molecule has 0 aliphatic carbocycles. The number of carboxylic acid groups (broad SMARTS) is 1. The van der Waals surface area contributed by atoms with Crippen LogP contribution in [0, 0.1) is 0 Å². The van der Waals surface area contributed by atoms with Gasteiger partial charge in [0.05, 0.1) is 21.0 Å². The lowest BCUT2D eigenvalue weighted by atomic mass is 10.2. The van der Waals surface area contributed by atoms with Gasteiger partial charge in [0.15, 0.2) is 0 Å². The highest BCUT2D eigenvalue weighted by Crippen LogP contribution is 2.32. The summed E-state index contributed by atoms with van der Waals surface area (Å²) in [4.78, 5) is 10.4. The smallest absolute Gasteiger partial charge is 0.263 e. The second-order valence-electron chi connectivity index (χ2n) is 4.17. The first-order valence-electron chi connectivity index (χ1n) is 5.69. The van der Waals surface area contributed by atoms with Gasteiger partial charge in [-0.05, 0) is 29.8 Å². The van der Waals surface area contributed by atoms with Crippen molar-refractivity contribution in [1.82, 2.24) is 0 Å². The Morgan fingerprint density at radius 2 is 1.50 bits per heavy atom. The highest BCUT2D eigenvalue weighted by Gasteiger charge is 2.20. The number of nitrogens with one attached hydrogen (secondary N) is 1. The molecule has 0 fully saturated rings. The van der Waals surface area contributed by atoms with Crippen molar-refractivity contribution >= 4 is 56.5 Å². The highest BCUT2D eigenvalue weighted by atomic mass is 35.5. The molecule has 0 saturated carbocycles. The highest BCUT2D eigenvalue weighted by molar-refractivity contribution is 7.92. The number of rotatable bonds is 4. The second-order valence-corrected chi connectivity index (χ2v) is 7.04. The van der Waals surface area contributed by atoms with E-state index in [1.807, 2.05) is 0 Å². The molecule has 0 aromatic heterocycles. The van der Waals surface area contributed by atoms with Gasteiger partial charge in [-0.2, -0.15) is 0 Å². The molecule has 0 aliphatic rings. The number of carbonyl (C=O) groups is 1. The van der Waals surface area contributed by atoms with E-state index in [4.69, 9.17) is 34.8 Å². The molecule has 116 valence electrons. The van der Waals surface area contributed by atoms with Crippen molar-refractivity contribution in [3.05, 3.63) is 57.0 Å². The predicted octanol–water partition coefficient (Wildman–Crippen LogP) is 2.81. The normalized spacial score (nSPS) is 11.2. The lowest BCUT2D eigenvalue weighted by Gasteiger charge is -2.11. The van der Waals surface area contributed by atoms with E-state index in [9.17, 15) is 18.3 Å². The molecule has 0 aliphatic heterocycles. The molecule has 9 heteroatoms. The molecule has 2 aromatic carbocycles. The van der Waals surface area contributed by atoms with Crippen molar-refractivity contribution in [3.63, 3.8) is 0 Å². The van der Waals surface area contributed by atoms with Gasteiger partial charge >= 0.3 is 0 Å². The predicted molar refractivity (Wildman–Crippen MR) is 83.1 cm³/mol. The average Bonchev–Trinajstić information content (AvgIpc) is 2.42.